The molecule has 0 aromatic rings. The molecule has 0 rings (SSSR count). The van der Waals surface area contributed by atoms with Crippen LogP contribution in [0.3, 0.4) is 0 Å². The van der Waals surface area contributed by atoms with Crippen molar-refractivity contribution in [3.63, 3.8) is 0 Å². The van der Waals surface area contributed by atoms with Gasteiger partial charge in [-0.05, 0) is 31.9 Å². The van der Waals surface area contributed by atoms with E-state index < -0.39 is 0 Å². The molecule has 1 N–H and O–H groups in total. The van der Waals surface area contributed by atoms with Crippen LogP contribution >= 0.6 is 0 Å². The predicted molar refractivity (Wildman–Crippen MR) is 52.1 cm³/mol. The third-order valence-corrected chi connectivity index (χ3v) is 0.872. The maximum absolute atomic E-state index is 9.54. The molecular weight excluding hydrogens is 152 g/mol. The fourth-order valence-corrected chi connectivity index (χ4v) is 0.308. The number of carbonyl (C=O) groups is 1. The van der Waals surface area contributed by atoms with Crippen molar-refractivity contribution < 1.29 is 9.90 Å². The van der Waals surface area contributed by atoms with Gasteiger partial charge >= 0.3 is 0 Å². The summed E-state index contributed by atoms with van der Waals surface area (Å²) in [6.07, 6.45) is 5.11. The van der Waals surface area contributed by atoms with E-state index in [1.54, 1.807) is 6.08 Å². The molecule has 0 fully saturated rings. The van der Waals surface area contributed by atoms with Crippen molar-refractivity contribution in [3.8, 4) is 0 Å². The molecule has 0 aromatic heterocycles. The summed E-state index contributed by atoms with van der Waals surface area (Å²) in [6.45, 7) is 7.78. The normalized spacial score (nSPS) is 9.08. The lowest BCUT2D eigenvalue weighted by Crippen LogP contribution is -1.74. The van der Waals surface area contributed by atoms with Crippen LogP contribution < -0.4 is 0 Å². The average molecular weight is 170 g/mol. The molecule has 0 aliphatic rings. The Morgan fingerprint density at radius 2 is 1.83 bits per heavy atom. The number of carbonyl (C=O) groups excluding carboxylic acids is 1. The average Bonchev–Trinajstić information content (AvgIpc) is 1.87. The van der Waals surface area contributed by atoms with E-state index in [2.05, 4.69) is 0 Å². The van der Waals surface area contributed by atoms with Gasteiger partial charge in [0.15, 0.2) is 0 Å². The molecule has 0 heterocycles. The maximum Gasteiger partial charge on any atom is 0.142 e. The molecule has 12 heavy (non-hydrogen) atoms. The van der Waals surface area contributed by atoms with Crippen molar-refractivity contribution in [3.05, 3.63) is 24.0 Å². The Hall–Kier alpha value is -1.05. The predicted octanol–water partition coefficient (Wildman–Crippen LogP) is 2.87. The molecule has 0 saturated carbocycles. The maximum atomic E-state index is 9.54. The smallest absolute Gasteiger partial charge is 0.142 e. The largest absolute Gasteiger partial charge is 0.516 e. The zero-order valence-electron chi connectivity index (χ0n) is 8.24. The molecule has 0 unspecified atom stereocenters. The van der Waals surface area contributed by atoms with Crippen LogP contribution in [0.5, 0.6) is 0 Å². The first kappa shape index (κ1) is 13.5. The van der Waals surface area contributed by atoms with Crippen molar-refractivity contribution in [2.45, 2.75) is 27.7 Å². The molecule has 0 atom stereocenters. The number of hydrogen-bond donors (Lipinski definition) is 1. The van der Waals surface area contributed by atoms with E-state index in [4.69, 9.17) is 5.11 Å². The summed E-state index contributed by atoms with van der Waals surface area (Å²) in [5, 5.41) is 8.06. The highest BCUT2D eigenvalue weighted by molar-refractivity contribution is 5.65. The van der Waals surface area contributed by atoms with E-state index in [0.717, 1.165) is 18.1 Å². The Morgan fingerprint density at radius 1 is 1.33 bits per heavy atom. The number of aliphatic hydroxyl groups is 1. The number of allylic oxidation sites excluding steroid dienone is 3. The minimum absolute atomic E-state index is 0.468. The Morgan fingerprint density at radius 3 is 1.83 bits per heavy atom. The summed E-state index contributed by atoms with van der Waals surface area (Å²) in [4.78, 5) is 9.54. The summed E-state index contributed by atoms with van der Waals surface area (Å²) in [7, 11) is 0. The van der Waals surface area contributed by atoms with Crippen molar-refractivity contribution in [2.75, 3.05) is 0 Å². The van der Waals surface area contributed by atoms with Crippen molar-refractivity contribution in [2.24, 2.45) is 5.92 Å². The highest BCUT2D eigenvalue weighted by atomic mass is 16.2. The van der Waals surface area contributed by atoms with Gasteiger partial charge in [0.1, 0.15) is 6.29 Å². The highest BCUT2D eigenvalue weighted by Crippen LogP contribution is 1.89. The third-order valence-electron chi connectivity index (χ3n) is 0.872. The molecule has 0 aliphatic carbocycles. The van der Waals surface area contributed by atoms with Gasteiger partial charge in [0.25, 0.3) is 0 Å². The molecule has 0 bridgehead atoms. The summed E-state index contributed by atoms with van der Waals surface area (Å²) >= 11 is 0. The van der Waals surface area contributed by atoms with Gasteiger partial charge < -0.3 is 5.11 Å². The lowest BCUT2D eigenvalue weighted by molar-refractivity contribution is -0.104. The van der Waals surface area contributed by atoms with Crippen molar-refractivity contribution in [1.82, 2.24) is 0 Å². The topological polar surface area (TPSA) is 37.3 Å². The summed E-state index contributed by atoms with van der Waals surface area (Å²) in [5.41, 5.74) is 1.05. The zero-order valence-corrected chi connectivity index (χ0v) is 8.24. The zero-order chi connectivity index (χ0) is 9.98. The van der Waals surface area contributed by atoms with Gasteiger partial charge in [-0.15, -0.1) is 0 Å². The molecule has 0 amide bonds. The van der Waals surface area contributed by atoms with Gasteiger partial charge in [-0.1, -0.05) is 19.4 Å². The fourth-order valence-electron chi connectivity index (χ4n) is 0.308. The van der Waals surface area contributed by atoms with E-state index in [1.807, 2.05) is 27.7 Å². The van der Waals surface area contributed by atoms with E-state index in [1.165, 1.54) is 6.08 Å². The van der Waals surface area contributed by atoms with E-state index >= 15 is 0 Å². The SMILES string of the molecule is CC(C)=CC=O.CC(C)C=CO. The molecular formula is C10H18O2. The van der Waals surface area contributed by atoms with E-state index in [0.29, 0.717) is 5.92 Å². The summed E-state index contributed by atoms with van der Waals surface area (Å²) < 4.78 is 0. The number of aliphatic hydroxyl groups excluding tert-OH is 1. The second kappa shape index (κ2) is 9.95. The molecule has 2 nitrogen and oxygen atoms in total. The first-order chi connectivity index (χ1) is 5.54. The van der Waals surface area contributed by atoms with Gasteiger partial charge in [-0.3, -0.25) is 4.79 Å². The van der Waals surface area contributed by atoms with Gasteiger partial charge in [0.2, 0.25) is 0 Å². The van der Waals surface area contributed by atoms with Crippen LogP contribution in [0, 0.1) is 5.92 Å². The van der Waals surface area contributed by atoms with Gasteiger partial charge in [-0.25, -0.2) is 0 Å². The Balaban J connectivity index is 0. The van der Waals surface area contributed by atoms with Gasteiger partial charge in [0, 0.05) is 0 Å². The first-order valence-corrected chi connectivity index (χ1v) is 3.94. The quantitative estimate of drug-likeness (QED) is 0.393. The Labute approximate surface area is 74.6 Å². The molecule has 70 valence electrons. The standard InChI is InChI=1S/C5H10O.C5H8O/c2*1-5(2)3-4-6/h3-6H,1-2H3;3-4H,1-2H3. The highest BCUT2D eigenvalue weighted by Gasteiger charge is 1.77. The van der Waals surface area contributed by atoms with Gasteiger partial charge in [0.05, 0.1) is 6.26 Å². The van der Waals surface area contributed by atoms with Gasteiger partial charge in [-0.2, -0.15) is 0 Å². The van der Waals surface area contributed by atoms with Crippen LogP contribution in [0.25, 0.3) is 0 Å². The Bertz CT molecular complexity index is 151. The first-order valence-electron chi connectivity index (χ1n) is 3.94. The molecule has 0 radical (unpaired) electrons. The number of aldehydes is 1. The van der Waals surface area contributed by atoms with Crippen LogP contribution in [-0.4, -0.2) is 11.4 Å². The molecule has 0 spiro atoms. The van der Waals surface area contributed by atoms with Crippen LogP contribution in [0.2, 0.25) is 0 Å². The molecule has 0 aromatic carbocycles. The summed E-state index contributed by atoms with van der Waals surface area (Å²) in [5.74, 6) is 0.468. The van der Waals surface area contributed by atoms with Crippen LogP contribution in [0.15, 0.2) is 24.0 Å². The number of hydrogen-bond acceptors (Lipinski definition) is 2. The Kier molecular flexibility index (Phi) is 11.2. The lowest BCUT2D eigenvalue weighted by atomic mass is 10.2. The second-order valence-corrected chi connectivity index (χ2v) is 2.97. The van der Waals surface area contributed by atoms with Crippen molar-refractivity contribution in [1.29, 1.82) is 0 Å². The third kappa shape index (κ3) is 23.1. The van der Waals surface area contributed by atoms with Crippen LogP contribution in [-0.2, 0) is 4.79 Å². The van der Waals surface area contributed by atoms with Crippen LogP contribution in [0.4, 0.5) is 0 Å². The molecule has 0 aliphatic heterocycles. The van der Waals surface area contributed by atoms with E-state index in [9.17, 15) is 4.79 Å². The minimum Gasteiger partial charge on any atom is -0.516 e. The monoisotopic (exact) mass is 170 g/mol. The lowest BCUT2D eigenvalue weighted by Gasteiger charge is -1.86. The molecule has 2 heteroatoms. The fraction of sp³-hybridized carbons (Fsp3) is 0.500. The second-order valence-electron chi connectivity index (χ2n) is 2.97. The van der Waals surface area contributed by atoms with Crippen LogP contribution in [0.1, 0.15) is 27.7 Å². The van der Waals surface area contributed by atoms with Crippen molar-refractivity contribution >= 4 is 6.29 Å². The minimum atomic E-state index is 0.468. The number of rotatable bonds is 2. The summed E-state index contributed by atoms with van der Waals surface area (Å²) in [6, 6.07) is 0. The van der Waals surface area contributed by atoms with E-state index in [-0.39, 0.29) is 0 Å². The molecule has 0 saturated heterocycles.